The summed E-state index contributed by atoms with van der Waals surface area (Å²) in [5, 5.41) is 9.18. The van der Waals surface area contributed by atoms with Crippen LogP contribution in [0.1, 0.15) is 45.4 Å². The summed E-state index contributed by atoms with van der Waals surface area (Å²) in [6.07, 6.45) is 2.07. The van der Waals surface area contributed by atoms with Crippen molar-refractivity contribution >= 4 is 11.0 Å². The summed E-state index contributed by atoms with van der Waals surface area (Å²) in [5.74, 6) is 2.91. The van der Waals surface area contributed by atoms with Crippen LogP contribution >= 0.6 is 0 Å². The van der Waals surface area contributed by atoms with E-state index >= 15 is 0 Å². The van der Waals surface area contributed by atoms with Crippen LogP contribution in [-0.2, 0) is 6.54 Å². The molecule has 0 saturated heterocycles. The Labute approximate surface area is 130 Å². The molecule has 1 aliphatic heterocycles. The number of rotatable bonds is 5. The van der Waals surface area contributed by atoms with Gasteiger partial charge in [-0.15, -0.1) is 0 Å². The molecule has 3 rings (SSSR count). The van der Waals surface area contributed by atoms with Gasteiger partial charge in [0.1, 0.15) is 5.82 Å². The highest BCUT2D eigenvalue weighted by molar-refractivity contribution is 5.81. The number of ether oxygens (including phenoxy) is 2. The molecule has 1 atom stereocenters. The van der Waals surface area contributed by atoms with Crippen LogP contribution in [0.3, 0.4) is 0 Å². The third-order valence-corrected chi connectivity index (χ3v) is 4.30. The molecule has 1 aromatic carbocycles. The maximum Gasteiger partial charge on any atom is 0.231 e. The average Bonchev–Trinajstić information content (AvgIpc) is 3.11. The predicted octanol–water partition coefficient (Wildman–Crippen LogP) is 3.83. The molecule has 0 radical (unpaired) electrons. The molecule has 0 aliphatic carbocycles. The van der Waals surface area contributed by atoms with Gasteiger partial charge in [0.15, 0.2) is 11.5 Å². The van der Waals surface area contributed by atoms with E-state index in [1.54, 1.807) is 0 Å². The molecule has 1 aromatic heterocycles. The van der Waals surface area contributed by atoms with Crippen molar-refractivity contribution in [1.82, 2.24) is 9.55 Å². The molecule has 5 nitrogen and oxygen atoms in total. The van der Waals surface area contributed by atoms with Crippen LogP contribution in [0.15, 0.2) is 12.1 Å². The molecule has 1 unspecified atom stereocenters. The van der Waals surface area contributed by atoms with E-state index in [-0.39, 0.29) is 12.7 Å². The van der Waals surface area contributed by atoms with Gasteiger partial charge in [0, 0.05) is 24.6 Å². The van der Waals surface area contributed by atoms with E-state index in [0.29, 0.717) is 12.5 Å². The fourth-order valence-corrected chi connectivity index (χ4v) is 3.01. The molecule has 22 heavy (non-hydrogen) atoms. The summed E-state index contributed by atoms with van der Waals surface area (Å²) >= 11 is 0. The average molecular weight is 299 g/mol. The van der Waals surface area contributed by atoms with Crippen LogP contribution in [0.5, 0.6) is 11.5 Å². The molecule has 1 aliphatic rings. The highest BCUT2D eigenvalue weighted by Crippen LogP contribution is 2.37. The lowest BCUT2D eigenvalue weighted by atomic mass is 10.0. The molecule has 0 spiro atoms. The molecule has 2 heterocycles. The Kier molecular flexibility index (Phi) is 3.93. The summed E-state index contributed by atoms with van der Waals surface area (Å²) < 4.78 is 13.1. The van der Waals surface area contributed by atoms with E-state index in [0.717, 1.165) is 41.2 Å². The number of imidazole rings is 1. The van der Waals surface area contributed by atoms with Crippen molar-refractivity contribution in [3.8, 4) is 17.6 Å². The summed E-state index contributed by atoms with van der Waals surface area (Å²) in [6, 6.07) is 6.25. The number of benzene rings is 1. The SMILES string of the molecule is CCC(CC)c1nc2cc3c(cc2n1CC(C)C#N)OCO3. The number of hydrogen-bond acceptors (Lipinski definition) is 4. The van der Waals surface area contributed by atoms with E-state index in [9.17, 15) is 5.26 Å². The minimum Gasteiger partial charge on any atom is -0.454 e. The summed E-state index contributed by atoms with van der Waals surface area (Å²) in [5.41, 5.74) is 1.93. The maximum atomic E-state index is 9.18. The Bertz CT molecular complexity index is 726. The van der Waals surface area contributed by atoms with Crippen molar-refractivity contribution in [3.05, 3.63) is 18.0 Å². The molecular weight excluding hydrogens is 278 g/mol. The Balaban J connectivity index is 2.16. The van der Waals surface area contributed by atoms with Crippen molar-refractivity contribution in [1.29, 1.82) is 5.26 Å². The van der Waals surface area contributed by atoms with E-state index in [1.165, 1.54) is 0 Å². The third kappa shape index (κ3) is 2.39. The minimum absolute atomic E-state index is 0.0593. The zero-order valence-corrected chi connectivity index (χ0v) is 13.3. The number of fused-ring (bicyclic) bond motifs is 2. The van der Waals surface area contributed by atoms with Crippen LogP contribution in [0.4, 0.5) is 0 Å². The number of hydrogen-bond donors (Lipinski definition) is 0. The van der Waals surface area contributed by atoms with Gasteiger partial charge in [0.25, 0.3) is 0 Å². The smallest absolute Gasteiger partial charge is 0.231 e. The topological polar surface area (TPSA) is 60.1 Å². The van der Waals surface area contributed by atoms with Gasteiger partial charge in [0.05, 0.1) is 23.0 Å². The second-order valence-electron chi connectivity index (χ2n) is 5.82. The van der Waals surface area contributed by atoms with Crippen LogP contribution in [0, 0.1) is 17.2 Å². The summed E-state index contributed by atoms with van der Waals surface area (Å²) in [4.78, 5) is 4.84. The minimum atomic E-state index is -0.0593. The Morgan fingerprint density at radius 1 is 1.27 bits per heavy atom. The maximum absolute atomic E-state index is 9.18. The Hall–Kier alpha value is -2.22. The van der Waals surface area contributed by atoms with Gasteiger partial charge < -0.3 is 14.0 Å². The van der Waals surface area contributed by atoms with Crippen LogP contribution in [0.2, 0.25) is 0 Å². The van der Waals surface area contributed by atoms with Gasteiger partial charge in [-0.05, 0) is 19.8 Å². The quantitative estimate of drug-likeness (QED) is 0.842. The van der Waals surface area contributed by atoms with Crippen LogP contribution < -0.4 is 9.47 Å². The van der Waals surface area contributed by atoms with Crippen molar-refractivity contribution in [2.75, 3.05) is 6.79 Å². The lowest BCUT2D eigenvalue weighted by Gasteiger charge is -2.16. The van der Waals surface area contributed by atoms with E-state index in [2.05, 4.69) is 24.5 Å². The van der Waals surface area contributed by atoms with E-state index < -0.39 is 0 Å². The summed E-state index contributed by atoms with van der Waals surface area (Å²) in [7, 11) is 0. The first-order valence-corrected chi connectivity index (χ1v) is 7.87. The molecule has 0 bridgehead atoms. The standard InChI is InChI=1S/C17H21N3O2/c1-4-12(5-2)17-19-13-6-15-16(22-10-21-15)7-14(13)20(17)9-11(3)8-18/h6-7,11-12H,4-5,9-10H2,1-3H3. The number of nitriles is 1. The Morgan fingerprint density at radius 2 is 1.95 bits per heavy atom. The van der Waals surface area contributed by atoms with Crippen LogP contribution in [-0.4, -0.2) is 16.3 Å². The van der Waals surface area contributed by atoms with Crippen molar-refractivity contribution in [2.45, 2.75) is 46.1 Å². The fraction of sp³-hybridized carbons (Fsp3) is 0.529. The predicted molar refractivity (Wildman–Crippen MR) is 84.0 cm³/mol. The Morgan fingerprint density at radius 3 is 2.59 bits per heavy atom. The molecule has 2 aromatic rings. The number of aromatic nitrogens is 2. The fourth-order valence-electron chi connectivity index (χ4n) is 3.01. The first-order valence-electron chi connectivity index (χ1n) is 7.87. The lowest BCUT2D eigenvalue weighted by molar-refractivity contribution is 0.174. The van der Waals surface area contributed by atoms with Gasteiger partial charge in [-0.25, -0.2) is 4.98 Å². The molecule has 0 amide bonds. The second kappa shape index (κ2) is 5.88. The van der Waals surface area contributed by atoms with Crippen molar-refractivity contribution in [3.63, 3.8) is 0 Å². The van der Waals surface area contributed by atoms with Crippen LogP contribution in [0.25, 0.3) is 11.0 Å². The number of nitrogens with zero attached hydrogens (tertiary/aromatic N) is 3. The lowest BCUT2D eigenvalue weighted by Crippen LogP contribution is -2.12. The molecular formula is C17H21N3O2. The molecule has 0 fully saturated rings. The molecule has 5 heteroatoms. The highest BCUT2D eigenvalue weighted by atomic mass is 16.7. The van der Waals surface area contributed by atoms with E-state index in [4.69, 9.17) is 14.5 Å². The van der Waals surface area contributed by atoms with Gasteiger partial charge >= 0.3 is 0 Å². The zero-order valence-electron chi connectivity index (χ0n) is 13.3. The monoisotopic (exact) mass is 299 g/mol. The first kappa shape index (κ1) is 14.7. The zero-order chi connectivity index (χ0) is 15.7. The largest absolute Gasteiger partial charge is 0.454 e. The molecule has 0 N–H and O–H groups in total. The van der Waals surface area contributed by atoms with Gasteiger partial charge in [0.2, 0.25) is 6.79 Å². The van der Waals surface area contributed by atoms with Crippen molar-refractivity contribution in [2.24, 2.45) is 5.92 Å². The van der Waals surface area contributed by atoms with E-state index in [1.807, 2.05) is 19.1 Å². The van der Waals surface area contributed by atoms with Gasteiger partial charge in [-0.2, -0.15) is 5.26 Å². The first-order chi connectivity index (χ1) is 10.7. The van der Waals surface area contributed by atoms with Gasteiger partial charge in [-0.1, -0.05) is 13.8 Å². The normalized spacial score (nSPS) is 14.5. The molecule has 0 saturated carbocycles. The third-order valence-electron chi connectivity index (χ3n) is 4.30. The second-order valence-corrected chi connectivity index (χ2v) is 5.82. The summed E-state index contributed by atoms with van der Waals surface area (Å²) in [6.45, 7) is 7.21. The van der Waals surface area contributed by atoms with Gasteiger partial charge in [-0.3, -0.25) is 0 Å². The van der Waals surface area contributed by atoms with Crippen molar-refractivity contribution < 1.29 is 9.47 Å². The highest BCUT2D eigenvalue weighted by Gasteiger charge is 2.22. The molecule has 116 valence electrons.